The molecule has 0 saturated heterocycles. The molecule has 5 heteroatoms. The molecule has 0 saturated carbocycles. The van der Waals surface area contributed by atoms with Crippen LogP contribution in [0.15, 0.2) is 30.3 Å². The van der Waals surface area contributed by atoms with Crippen molar-refractivity contribution in [1.82, 2.24) is 10.6 Å². The van der Waals surface area contributed by atoms with Crippen molar-refractivity contribution in [2.75, 3.05) is 13.1 Å². The van der Waals surface area contributed by atoms with Gasteiger partial charge in [0.15, 0.2) is 0 Å². The van der Waals surface area contributed by atoms with Gasteiger partial charge in [-0.3, -0.25) is 4.79 Å². The molecular formula is C19H23ClN2OS. The fraction of sp³-hybridized carbons (Fsp3) is 0.421. The predicted octanol–water partition coefficient (Wildman–Crippen LogP) is 3.67. The second kappa shape index (κ2) is 7.68. The SMILES string of the molecule is Cl.O=C(NCC1NCCc2ccccc21)c1cc2c(s1)CCCC2. The Kier molecular flexibility index (Phi) is 5.59. The van der Waals surface area contributed by atoms with Crippen LogP contribution in [0.1, 0.15) is 50.1 Å². The third-order valence-corrected chi connectivity index (χ3v) is 6.14. The van der Waals surface area contributed by atoms with Gasteiger partial charge in [-0.1, -0.05) is 24.3 Å². The number of amides is 1. The molecule has 0 radical (unpaired) electrons. The monoisotopic (exact) mass is 362 g/mol. The summed E-state index contributed by atoms with van der Waals surface area (Å²) in [5.74, 6) is 0.0780. The topological polar surface area (TPSA) is 41.1 Å². The van der Waals surface area contributed by atoms with E-state index in [0.717, 1.165) is 30.7 Å². The van der Waals surface area contributed by atoms with Gasteiger partial charge in [-0.2, -0.15) is 0 Å². The van der Waals surface area contributed by atoms with Crippen molar-refractivity contribution >= 4 is 29.7 Å². The van der Waals surface area contributed by atoms with Crippen molar-refractivity contribution < 1.29 is 4.79 Å². The van der Waals surface area contributed by atoms with Crippen LogP contribution in [0.25, 0.3) is 0 Å². The lowest BCUT2D eigenvalue weighted by molar-refractivity contribution is 0.0953. The van der Waals surface area contributed by atoms with E-state index in [0.29, 0.717) is 6.54 Å². The summed E-state index contributed by atoms with van der Waals surface area (Å²) in [7, 11) is 0. The van der Waals surface area contributed by atoms with Crippen LogP contribution in [-0.4, -0.2) is 19.0 Å². The van der Waals surface area contributed by atoms with Crippen molar-refractivity contribution in [3.63, 3.8) is 0 Å². The molecule has 0 bridgehead atoms. The lowest BCUT2D eigenvalue weighted by Crippen LogP contribution is -2.38. The molecule has 1 aromatic carbocycles. The zero-order chi connectivity index (χ0) is 15.6. The maximum Gasteiger partial charge on any atom is 0.261 e. The number of aryl methyl sites for hydroxylation is 2. The van der Waals surface area contributed by atoms with Crippen molar-refractivity contribution in [1.29, 1.82) is 0 Å². The number of benzene rings is 1. The molecule has 2 aromatic rings. The minimum absolute atomic E-state index is 0. The first kappa shape index (κ1) is 17.5. The normalized spacial score (nSPS) is 18.9. The zero-order valence-corrected chi connectivity index (χ0v) is 15.3. The lowest BCUT2D eigenvalue weighted by atomic mass is 9.94. The van der Waals surface area contributed by atoms with Crippen LogP contribution in [0.4, 0.5) is 0 Å². The van der Waals surface area contributed by atoms with Gasteiger partial charge in [0, 0.05) is 17.5 Å². The number of nitrogens with one attached hydrogen (secondary N) is 2. The Balaban J connectivity index is 0.00000169. The Morgan fingerprint density at radius 1 is 1.17 bits per heavy atom. The number of thiophene rings is 1. The summed E-state index contributed by atoms with van der Waals surface area (Å²) in [5, 5.41) is 6.65. The third kappa shape index (κ3) is 3.51. The molecule has 1 atom stereocenters. The highest BCUT2D eigenvalue weighted by molar-refractivity contribution is 7.14. The van der Waals surface area contributed by atoms with Crippen LogP contribution in [-0.2, 0) is 19.3 Å². The quantitative estimate of drug-likeness (QED) is 0.874. The summed E-state index contributed by atoms with van der Waals surface area (Å²) in [6, 6.07) is 10.9. The van der Waals surface area contributed by atoms with Gasteiger partial charge in [-0.05, 0) is 61.4 Å². The molecule has 0 fully saturated rings. The summed E-state index contributed by atoms with van der Waals surface area (Å²) >= 11 is 1.68. The first-order valence-corrected chi connectivity index (χ1v) is 9.34. The smallest absolute Gasteiger partial charge is 0.261 e. The van der Waals surface area contributed by atoms with Crippen molar-refractivity contribution in [3.8, 4) is 0 Å². The standard InChI is InChI=1S/C19H22N2OS.ClH/c22-19(18-11-14-6-2-4-8-17(14)23-18)21-12-16-15-7-3-1-5-13(15)9-10-20-16;/h1,3,5,7,11,16,20H,2,4,6,8-10,12H2,(H,21,22);1H. The predicted molar refractivity (Wildman–Crippen MR) is 101 cm³/mol. The molecule has 1 unspecified atom stereocenters. The molecule has 128 valence electrons. The number of halogens is 1. The fourth-order valence-corrected chi connectivity index (χ4v) is 4.83. The van der Waals surface area contributed by atoms with E-state index in [1.165, 1.54) is 34.4 Å². The number of fused-ring (bicyclic) bond motifs is 2. The largest absolute Gasteiger partial charge is 0.349 e. The summed E-state index contributed by atoms with van der Waals surface area (Å²) in [6.07, 6.45) is 5.87. The highest BCUT2D eigenvalue weighted by Gasteiger charge is 2.21. The van der Waals surface area contributed by atoms with E-state index in [-0.39, 0.29) is 24.4 Å². The number of rotatable bonds is 3. The van der Waals surface area contributed by atoms with Gasteiger partial charge in [0.05, 0.1) is 4.88 Å². The first-order chi connectivity index (χ1) is 11.3. The average molecular weight is 363 g/mol. The Hall–Kier alpha value is -1.36. The number of hydrogen-bond donors (Lipinski definition) is 2. The van der Waals surface area contributed by atoms with Gasteiger partial charge in [-0.15, -0.1) is 23.7 Å². The maximum atomic E-state index is 12.5. The van der Waals surface area contributed by atoms with Crippen molar-refractivity contribution in [2.45, 2.75) is 38.1 Å². The number of carbonyl (C=O) groups excluding carboxylic acids is 1. The summed E-state index contributed by atoms with van der Waals surface area (Å²) in [4.78, 5) is 14.8. The average Bonchev–Trinajstić information content (AvgIpc) is 3.04. The van der Waals surface area contributed by atoms with Crippen LogP contribution in [0.2, 0.25) is 0 Å². The van der Waals surface area contributed by atoms with E-state index in [2.05, 4.69) is 41.0 Å². The molecule has 24 heavy (non-hydrogen) atoms. The molecule has 1 aliphatic heterocycles. The van der Waals surface area contributed by atoms with Crippen molar-refractivity contribution in [2.24, 2.45) is 0 Å². The van der Waals surface area contributed by atoms with E-state index >= 15 is 0 Å². The minimum Gasteiger partial charge on any atom is -0.349 e. The van der Waals surface area contributed by atoms with E-state index in [4.69, 9.17) is 0 Å². The molecule has 2 heterocycles. The second-order valence-corrected chi connectivity index (χ2v) is 7.57. The second-order valence-electron chi connectivity index (χ2n) is 6.43. The van der Waals surface area contributed by atoms with Gasteiger partial charge in [0.1, 0.15) is 0 Å². The molecule has 1 aromatic heterocycles. The van der Waals surface area contributed by atoms with E-state index in [9.17, 15) is 4.79 Å². The molecule has 0 spiro atoms. The zero-order valence-electron chi connectivity index (χ0n) is 13.6. The fourth-order valence-electron chi connectivity index (χ4n) is 3.66. The van der Waals surface area contributed by atoms with Gasteiger partial charge in [0.25, 0.3) is 5.91 Å². The van der Waals surface area contributed by atoms with Crippen LogP contribution in [0.3, 0.4) is 0 Å². The van der Waals surface area contributed by atoms with Crippen LogP contribution >= 0.6 is 23.7 Å². The van der Waals surface area contributed by atoms with E-state index in [1.54, 1.807) is 11.3 Å². The molecule has 2 N–H and O–H groups in total. The maximum absolute atomic E-state index is 12.5. The van der Waals surface area contributed by atoms with Gasteiger partial charge in [-0.25, -0.2) is 0 Å². The van der Waals surface area contributed by atoms with Crippen molar-refractivity contribution in [3.05, 3.63) is 56.8 Å². The van der Waals surface area contributed by atoms with Crippen LogP contribution in [0.5, 0.6) is 0 Å². The van der Waals surface area contributed by atoms with E-state index < -0.39 is 0 Å². The Morgan fingerprint density at radius 3 is 2.88 bits per heavy atom. The lowest BCUT2D eigenvalue weighted by Gasteiger charge is -2.27. The summed E-state index contributed by atoms with van der Waals surface area (Å²) in [6.45, 7) is 1.63. The Labute approximate surface area is 153 Å². The first-order valence-electron chi connectivity index (χ1n) is 8.52. The van der Waals surface area contributed by atoms with Crippen LogP contribution < -0.4 is 10.6 Å². The molecule has 2 aliphatic rings. The molecule has 1 amide bonds. The molecule has 3 nitrogen and oxygen atoms in total. The molecular weight excluding hydrogens is 340 g/mol. The minimum atomic E-state index is 0. The molecule has 4 rings (SSSR count). The van der Waals surface area contributed by atoms with Gasteiger partial charge >= 0.3 is 0 Å². The Morgan fingerprint density at radius 2 is 2.00 bits per heavy atom. The highest BCUT2D eigenvalue weighted by Crippen LogP contribution is 2.29. The summed E-state index contributed by atoms with van der Waals surface area (Å²) < 4.78 is 0. The summed E-state index contributed by atoms with van der Waals surface area (Å²) in [5.41, 5.74) is 4.12. The van der Waals surface area contributed by atoms with Gasteiger partial charge < -0.3 is 10.6 Å². The van der Waals surface area contributed by atoms with Gasteiger partial charge in [0.2, 0.25) is 0 Å². The Bertz CT molecular complexity index is 704. The third-order valence-electron chi connectivity index (χ3n) is 4.90. The van der Waals surface area contributed by atoms with Crippen LogP contribution in [0, 0.1) is 0 Å². The van der Waals surface area contributed by atoms with E-state index in [1.807, 2.05) is 0 Å². The number of hydrogen-bond acceptors (Lipinski definition) is 3. The number of carbonyl (C=O) groups is 1. The highest BCUT2D eigenvalue weighted by atomic mass is 35.5. The molecule has 1 aliphatic carbocycles.